The van der Waals surface area contributed by atoms with Gasteiger partial charge < -0.3 is 20.8 Å². The molecule has 0 saturated carbocycles. The van der Waals surface area contributed by atoms with Gasteiger partial charge in [0, 0.05) is 13.1 Å². The first-order valence-electron chi connectivity index (χ1n) is 6.81. The molecule has 0 radical (unpaired) electrons. The number of carbonyl (C=O) groups excluding carboxylic acids is 1. The first-order valence-corrected chi connectivity index (χ1v) is 6.81. The van der Waals surface area contributed by atoms with Gasteiger partial charge in [-0.05, 0) is 43.9 Å². The lowest BCUT2D eigenvalue weighted by atomic mass is 9.97. The van der Waals surface area contributed by atoms with Gasteiger partial charge in [0.15, 0.2) is 0 Å². The molecule has 0 aliphatic carbocycles. The molecular formula is C15H24N2O3. The SMILES string of the molecule is Cc1cc(C)c(CCNC(=O)NC[C@@H](O)CO)c(C)c1. The minimum Gasteiger partial charge on any atom is -0.394 e. The number of hydrogen-bond donors (Lipinski definition) is 4. The van der Waals surface area contributed by atoms with Crippen LogP contribution in [-0.2, 0) is 6.42 Å². The highest BCUT2D eigenvalue weighted by Crippen LogP contribution is 2.16. The quantitative estimate of drug-likeness (QED) is 0.622. The highest BCUT2D eigenvalue weighted by molar-refractivity contribution is 5.73. The summed E-state index contributed by atoms with van der Waals surface area (Å²) in [5.74, 6) is 0. The summed E-state index contributed by atoms with van der Waals surface area (Å²) in [4.78, 5) is 11.5. The lowest BCUT2D eigenvalue weighted by Gasteiger charge is -2.13. The van der Waals surface area contributed by atoms with E-state index in [4.69, 9.17) is 10.2 Å². The van der Waals surface area contributed by atoms with E-state index in [0.717, 1.165) is 6.42 Å². The highest BCUT2D eigenvalue weighted by Gasteiger charge is 2.07. The van der Waals surface area contributed by atoms with E-state index in [9.17, 15) is 4.79 Å². The zero-order valence-corrected chi connectivity index (χ0v) is 12.4. The van der Waals surface area contributed by atoms with E-state index in [-0.39, 0.29) is 19.2 Å². The number of rotatable bonds is 6. The van der Waals surface area contributed by atoms with Crippen molar-refractivity contribution >= 4 is 6.03 Å². The van der Waals surface area contributed by atoms with Gasteiger partial charge >= 0.3 is 6.03 Å². The van der Waals surface area contributed by atoms with Crippen LogP contribution in [0.3, 0.4) is 0 Å². The predicted molar refractivity (Wildman–Crippen MR) is 78.9 cm³/mol. The number of aryl methyl sites for hydroxylation is 3. The van der Waals surface area contributed by atoms with E-state index in [1.54, 1.807) is 0 Å². The molecule has 112 valence electrons. The monoisotopic (exact) mass is 280 g/mol. The Morgan fingerprint density at radius 1 is 1.20 bits per heavy atom. The molecule has 0 unspecified atom stereocenters. The van der Waals surface area contributed by atoms with Crippen molar-refractivity contribution in [2.24, 2.45) is 0 Å². The van der Waals surface area contributed by atoms with Crippen LogP contribution in [0.1, 0.15) is 22.3 Å². The maximum atomic E-state index is 11.5. The van der Waals surface area contributed by atoms with Crippen LogP contribution in [0.4, 0.5) is 4.79 Å². The van der Waals surface area contributed by atoms with Gasteiger partial charge in [-0.2, -0.15) is 0 Å². The number of aliphatic hydroxyl groups excluding tert-OH is 2. The van der Waals surface area contributed by atoms with Crippen molar-refractivity contribution in [2.45, 2.75) is 33.3 Å². The van der Waals surface area contributed by atoms with Crippen molar-refractivity contribution in [3.63, 3.8) is 0 Å². The van der Waals surface area contributed by atoms with Gasteiger partial charge in [-0.1, -0.05) is 17.7 Å². The van der Waals surface area contributed by atoms with Crippen LogP contribution >= 0.6 is 0 Å². The summed E-state index contributed by atoms with van der Waals surface area (Å²) < 4.78 is 0. The minimum atomic E-state index is -0.915. The number of hydrogen-bond acceptors (Lipinski definition) is 3. The zero-order chi connectivity index (χ0) is 15.1. The molecule has 1 aromatic rings. The van der Waals surface area contributed by atoms with E-state index >= 15 is 0 Å². The minimum absolute atomic E-state index is 0.0465. The fourth-order valence-electron chi connectivity index (χ4n) is 2.24. The Kier molecular flexibility index (Phi) is 6.48. The molecule has 1 aromatic carbocycles. The maximum Gasteiger partial charge on any atom is 0.314 e. The number of aliphatic hydroxyl groups is 2. The van der Waals surface area contributed by atoms with E-state index in [2.05, 4.69) is 43.5 Å². The van der Waals surface area contributed by atoms with Crippen LogP contribution in [0.2, 0.25) is 0 Å². The molecule has 0 heterocycles. The van der Waals surface area contributed by atoms with Gasteiger partial charge in [0.2, 0.25) is 0 Å². The Hall–Kier alpha value is -1.59. The van der Waals surface area contributed by atoms with Crippen LogP contribution in [-0.4, -0.2) is 42.0 Å². The molecule has 1 atom stereocenters. The second kappa shape index (κ2) is 7.87. The van der Waals surface area contributed by atoms with Crippen molar-refractivity contribution in [1.82, 2.24) is 10.6 Å². The molecule has 0 bridgehead atoms. The van der Waals surface area contributed by atoms with Crippen LogP contribution in [0, 0.1) is 20.8 Å². The summed E-state index contributed by atoms with van der Waals surface area (Å²) in [5.41, 5.74) is 4.97. The summed E-state index contributed by atoms with van der Waals surface area (Å²) in [6.45, 7) is 6.45. The van der Waals surface area contributed by atoms with Crippen molar-refractivity contribution in [3.05, 3.63) is 34.4 Å². The van der Waals surface area contributed by atoms with E-state index in [1.165, 1.54) is 22.3 Å². The molecule has 0 fully saturated rings. The van der Waals surface area contributed by atoms with Crippen molar-refractivity contribution in [1.29, 1.82) is 0 Å². The third-order valence-electron chi connectivity index (χ3n) is 3.21. The molecule has 1 rings (SSSR count). The topological polar surface area (TPSA) is 81.6 Å². The molecule has 5 nitrogen and oxygen atoms in total. The van der Waals surface area contributed by atoms with Crippen LogP contribution in [0.25, 0.3) is 0 Å². The van der Waals surface area contributed by atoms with Crippen molar-refractivity contribution in [3.8, 4) is 0 Å². The second-order valence-electron chi connectivity index (χ2n) is 5.10. The molecule has 0 aliphatic rings. The number of benzene rings is 1. The molecule has 0 spiro atoms. The molecule has 2 amide bonds. The Bertz CT molecular complexity index is 437. The first-order chi connectivity index (χ1) is 9.43. The lowest BCUT2D eigenvalue weighted by Crippen LogP contribution is -2.41. The third-order valence-corrected chi connectivity index (χ3v) is 3.21. The maximum absolute atomic E-state index is 11.5. The van der Waals surface area contributed by atoms with Gasteiger partial charge in [-0.25, -0.2) is 4.79 Å². The largest absolute Gasteiger partial charge is 0.394 e. The molecule has 0 saturated heterocycles. The summed E-state index contributed by atoms with van der Waals surface area (Å²) in [6, 6.07) is 3.94. The van der Waals surface area contributed by atoms with Gasteiger partial charge in [-0.15, -0.1) is 0 Å². The first kappa shape index (κ1) is 16.5. The molecule has 5 heteroatoms. The number of carbonyl (C=O) groups is 1. The smallest absolute Gasteiger partial charge is 0.314 e. The van der Waals surface area contributed by atoms with Crippen LogP contribution in [0.15, 0.2) is 12.1 Å². The Balaban J connectivity index is 2.39. The molecule has 0 aliphatic heterocycles. The number of nitrogens with one attached hydrogen (secondary N) is 2. The summed E-state index contributed by atoms with van der Waals surface area (Å²) in [5, 5.41) is 23.0. The van der Waals surface area contributed by atoms with Crippen LogP contribution in [0.5, 0.6) is 0 Å². The van der Waals surface area contributed by atoms with E-state index in [0.29, 0.717) is 6.54 Å². The normalized spacial score (nSPS) is 12.1. The van der Waals surface area contributed by atoms with Gasteiger partial charge in [0.05, 0.1) is 12.7 Å². The Labute approximate surface area is 120 Å². The fraction of sp³-hybridized carbons (Fsp3) is 0.533. The average Bonchev–Trinajstić information content (AvgIpc) is 2.38. The molecule has 20 heavy (non-hydrogen) atoms. The highest BCUT2D eigenvalue weighted by atomic mass is 16.3. The van der Waals surface area contributed by atoms with Gasteiger partial charge in [0.25, 0.3) is 0 Å². The van der Waals surface area contributed by atoms with Gasteiger partial charge in [-0.3, -0.25) is 0 Å². The summed E-state index contributed by atoms with van der Waals surface area (Å²) in [7, 11) is 0. The van der Waals surface area contributed by atoms with E-state index in [1.807, 2.05) is 0 Å². The number of amides is 2. The summed E-state index contributed by atoms with van der Waals surface area (Å²) >= 11 is 0. The standard InChI is InChI=1S/C15H24N2O3/c1-10-6-11(2)14(12(3)7-10)4-5-16-15(20)17-8-13(19)9-18/h6-7,13,18-19H,4-5,8-9H2,1-3H3,(H2,16,17,20)/t13-/m1/s1. The average molecular weight is 280 g/mol. The molecular weight excluding hydrogens is 256 g/mol. The molecule has 4 N–H and O–H groups in total. The van der Waals surface area contributed by atoms with E-state index < -0.39 is 6.10 Å². The third kappa shape index (κ3) is 5.19. The zero-order valence-electron chi connectivity index (χ0n) is 12.4. The lowest BCUT2D eigenvalue weighted by molar-refractivity contribution is 0.0959. The van der Waals surface area contributed by atoms with Crippen molar-refractivity contribution in [2.75, 3.05) is 19.7 Å². The Morgan fingerprint density at radius 2 is 1.80 bits per heavy atom. The van der Waals surface area contributed by atoms with Crippen molar-refractivity contribution < 1.29 is 15.0 Å². The van der Waals surface area contributed by atoms with Gasteiger partial charge in [0.1, 0.15) is 0 Å². The van der Waals surface area contributed by atoms with Crippen LogP contribution < -0.4 is 10.6 Å². The fourth-order valence-corrected chi connectivity index (χ4v) is 2.24. The molecule has 0 aromatic heterocycles. The predicted octanol–water partition coefficient (Wildman–Crippen LogP) is 0.807. The second-order valence-corrected chi connectivity index (χ2v) is 5.10. The Morgan fingerprint density at radius 3 is 2.35 bits per heavy atom. The number of urea groups is 1. The summed E-state index contributed by atoms with van der Waals surface area (Å²) in [6.07, 6.45) is -0.143.